The van der Waals surface area contributed by atoms with Gasteiger partial charge in [0, 0.05) is 5.56 Å². The van der Waals surface area contributed by atoms with Crippen molar-refractivity contribution in [1.29, 1.82) is 5.26 Å². The molecule has 0 radical (unpaired) electrons. The van der Waals surface area contributed by atoms with Crippen LogP contribution >= 0.6 is 15.9 Å². The van der Waals surface area contributed by atoms with Gasteiger partial charge in [-0.05, 0) is 18.9 Å². The zero-order chi connectivity index (χ0) is 11.4. The van der Waals surface area contributed by atoms with Crippen molar-refractivity contribution in [2.75, 3.05) is 0 Å². The maximum Gasteiger partial charge on any atom is 0.177 e. The van der Waals surface area contributed by atoms with Crippen molar-refractivity contribution >= 4 is 21.7 Å². The van der Waals surface area contributed by atoms with E-state index in [0.29, 0.717) is 11.1 Å². The van der Waals surface area contributed by atoms with E-state index in [1.165, 1.54) is 0 Å². The first kappa shape index (κ1) is 11.9. The van der Waals surface area contributed by atoms with E-state index >= 15 is 0 Å². The highest BCUT2D eigenvalue weighted by Gasteiger charge is 2.17. The number of ketones is 1. The molecule has 0 saturated heterocycles. The Labute approximate surface area is 98.0 Å². The van der Waals surface area contributed by atoms with E-state index in [9.17, 15) is 4.79 Å². The summed E-state index contributed by atoms with van der Waals surface area (Å²) in [5.41, 5.74) is 1.95. The van der Waals surface area contributed by atoms with E-state index < -0.39 is 0 Å². The second kappa shape index (κ2) is 5.09. The van der Waals surface area contributed by atoms with Crippen LogP contribution in [-0.4, -0.2) is 10.6 Å². The molecule has 3 heteroatoms. The topological polar surface area (TPSA) is 40.9 Å². The van der Waals surface area contributed by atoms with Crippen LogP contribution in [0.2, 0.25) is 0 Å². The molecule has 0 spiro atoms. The van der Waals surface area contributed by atoms with E-state index in [1.807, 2.05) is 19.1 Å². The Morgan fingerprint density at radius 2 is 2.27 bits per heavy atom. The van der Waals surface area contributed by atoms with Gasteiger partial charge in [-0.3, -0.25) is 4.79 Å². The summed E-state index contributed by atoms with van der Waals surface area (Å²) in [6.07, 6.45) is 0.765. The summed E-state index contributed by atoms with van der Waals surface area (Å²) in [6, 6.07) is 7.52. The van der Waals surface area contributed by atoms with E-state index in [1.54, 1.807) is 13.0 Å². The average molecular weight is 266 g/mol. The van der Waals surface area contributed by atoms with Crippen LogP contribution < -0.4 is 0 Å². The molecule has 0 saturated carbocycles. The fraction of sp³-hybridized carbons (Fsp3) is 0.333. The molecule has 0 bridgehead atoms. The number of Topliss-reactive ketones (excluding diaryl/α,β-unsaturated/α-hetero) is 1. The van der Waals surface area contributed by atoms with Crippen molar-refractivity contribution in [3.63, 3.8) is 0 Å². The van der Waals surface area contributed by atoms with Gasteiger partial charge in [-0.2, -0.15) is 5.26 Å². The monoisotopic (exact) mass is 265 g/mol. The fourth-order valence-corrected chi connectivity index (χ4v) is 1.69. The molecule has 0 aliphatic heterocycles. The third-order valence-electron chi connectivity index (χ3n) is 2.27. The number of nitriles is 1. The molecule has 1 rings (SSSR count). The van der Waals surface area contributed by atoms with E-state index in [2.05, 4.69) is 22.0 Å². The lowest BCUT2D eigenvalue weighted by Gasteiger charge is -2.08. The number of halogens is 1. The summed E-state index contributed by atoms with van der Waals surface area (Å²) in [7, 11) is 0. The third-order valence-corrected chi connectivity index (χ3v) is 2.69. The number of nitrogens with zero attached hydrogens (tertiary/aromatic N) is 1. The first-order chi connectivity index (χ1) is 7.11. The number of hydrogen-bond donors (Lipinski definition) is 0. The first-order valence-corrected chi connectivity index (χ1v) is 5.73. The summed E-state index contributed by atoms with van der Waals surface area (Å²) in [6.45, 7) is 3.74. The number of alkyl halides is 1. The van der Waals surface area contributed by atoms with Gasteiger partial charge in [0.2, 0.25) is 0 Å². The number of carbonyl (C=O) groups excluding carboxylic acids is 1. The van der Waals surface area contributed by atoms with Crippen molar-refractivity contribution in [2.45, 2.75) is 25.1 Å². The SMILES string of the molecule is CCc1cccc(C(=O)C(C)Br)c1C#N. The Balaban J connectivity index is 3.31. The molecule has 1 aromatic carbocycles. The number of benzene rings is 1. The lowest BCUT2D eigenvalue weighted by molar-refractivity contribution is 0.0995. The van der Waals surface area contributed by atoms with Crippen LogP contribution in [0, 0.1) is 11.3 Å². The molecule has 0 aliphatic rings. The summed E-state index contributed by atoms with van der Waals surface area (Å²) >= 11 is 3.23. The van der Waals surface area contributed by atoms with Gasteiger partial charge in [-0.1, -0.05) is 41.1 Å². The Hall–Kier alpha value is -1.14. The molecule has 0 aliphatic carbocycles. The smallest absolute Gasteiger partial charge is 0.177 e. The van der Waals surface area contributed by atoms with Crippen LogP contribution in [0.3, 0.4) is 0 Å². The van der Waals surface area contributed by atoms with Crippen LogP contribution in [0.5, 0.6) is 0 Å². The van der Waals surface area contributed by atoms with Gasteiger partial charge < -0.3 is 0 Å². The first-order valence-electron chi connectivity index (χ1n) is 4.82. The minimum atomic E-state index is -0.253. The van der Waals surface area contributed by atoms with Crippen molar-refractivity contribution in [1.82, 2.24) is 0 Å². The predicted molar refractivity (Wildman–Crippen MR) is 63.3 cm³/mol. The van der Waals surface area contributed by atoms with Crippen LogP contribution in [0.4, 0.5) is 0 Å². The Morgan fingerprint density at radius 3 is 2.73 bits per heavy atom. The maximum absolute atomic E-state index is 11.8. The zero-order valence-corrected chi connectivity index (χ0v) is 10.3. The van der Waals surface area contributed by atoms with Crippen LogP contribution in [-0.2, 0) is 6.42 Å². The zero-order valence-electron chi connectivity index (χ0n) is 8.75. The van der Waals surface area contributed by atoms with Gasteiger partial charge >= 0.3 is 0 Å². The lowest BCUT2D eigenvalue weighted by Crippen LogP contribution is -2.12. The molecule has 0 heterocycles. The highest BCUT2D eigenvalue weighted by Crippen LogP contribution is 2.18. The molecule has 0 fully saturated rings. The molecular weight excluding hydrogens is 254 g/mol. The molecule has 0 amide bonds. The number of rotatable bonds is 3. The minimum absolute atomic E-state index is 0.0400. The average Bonchev–Trinajstić information content (AvgIpc) is 2.26. The Morgan fingerprint density at radius 1 is 1.60 bits per heavy atom. The molecule has 0 N–H and O–H groups in total. The van der Waals surface area contributed by atoms with Gasteiger partial charge in [0.05, 0.1) is 10.4 Å². The summed E-state index contributed by atoms with van der Waals surface area (Å²) < 4.78 is 0. The van der Waals surface area contributed by atoms with E-state index in [0.717, 1.165) is 12.0 Å². The molecule has 78 valence electrons. The normalized spacial score (nSPS) is 11.9. The minimum Gasteiger partial charge on any atom is -0.293 e. The van der Waals surface area contributed by atoms with Gasteiger partial charge in [-0.25, -0.2) is 0 Å². The summed E-state index contributed by atoms with van der Waals surface area (Å²) in [5.74, 6) is -0.0400. The van der Waals surface area contributed by atoms with Gasteiger partial charge in [-0.15, -0.1) is 0 Å². The molecule has 1 aromatic rings. The van der Waals surface area contributed by atoms with Crippen LogP contribution in [0.25, 0.3) is 0 Å². The van der Waals surface area contributed by atoms with E-state index in [-0.39, 0.29) is 10.6 Å². The number of aryl methyl sites for hydroxylation is 1. The highest BCUT2D eigenvalue weighted by atomic mass is 79.9. The predicted octanol–water partition coefficient (Wildman–Crippen LogP) is 3.09. The largest absolute Gasteiger partial charge is 0.293 e. The Bertz CT molecular complexity index is 418. The van der Waals surface area contributed by atoms with Crippen LogP contribution in [0.1, 0.15) is 35.3 Å². The molecule has 2 nitrogen and oxygen atoms in total. The second-order valence-electron chi connectivity index (χ2n) is 3.29. The molecule has 15 heavy (non-hydrogen) atoms. The molecule has 1 atom stereocenters. The molecule has 1 unspecified atom stereocenters. The number of carbonyl (C=O) groups is 1. The highest BCUT2D eigenvalue weighted by molar-refractivity contribution is 9.10. The van der Waals surface area contributed by atoms with E-state index in [4.69, 9.17) is 5.26 Å². The maximum atomic E-state index is 11.8. The lowest BCUT2D eigenvalue weighted by atomic mass is 9.96. The Kier molecular flexibility index (Phi) is 4.05. The quantitative estimate of drug-likeness (QED) is 0.623. The second-order valence-corrected chi connectivity index (χ2v) is 4.66. The van der Waals surface area contributed by atoms with Crippen LogP contribution in [0.15, 0.2) is 18.2 Å². The van der Waals surface area contributed by atoms with Gasteiger partial charge in [0.25, 0.3) is 0 Å². The van der Waals surface area contributed by atoms with Crippen molar-refractivity contribution in [3.8, 4) is 6.07 Å². The molecule has 0 aromatic heterocycles. The van der Waals surface area contributed by atoms with Gasteiger partial charge in [0.1, 0.15) is 6.07 Å². The van der Waals surface area contributed by atoms with Crippen molar-refractivity contribution < 1.29 is 4.79 Å². The van der Waals surface area contributed by atoms with Crippen molar-refractivity contribution in [2.24, 2.45) is 0 Å². The molecular formula is C12H12BrNO. The fourth-order valence-electron chi connectivity index (χ4n) is 1.45. The standard InChI is InChI=1S/C12H12BrNO/c1-3-9-5-4-6-10(11(9)7-14)12(15)8(2)13/h4-6,8H,3H2,1-2H3. The van der Waals surface area contributed by atoms with Gasteiger partial charge in [0.15, 0.2) is 5.78 Å². The summed E-state index contributed by atoms with van der Waals surface area (Å²) in [5, 5.41) is 9.04. The number of hydrogen-bond acceptors (Lipinski definition) is 2. The third kappa shape index (κ3) is 2.45. The van der Waals surface area contributed by atoms with Crippen molar-refractivity contribution in [3.05, 3.63) is 34.9 Å². The summed E-state index contributed by atoms with van der Waals surface area (Å²) in [4.78, 5) is 11.5.